The maximum atomic E-state index is 14.2. The number of nitrogens with two attached hydrogens (primary N) is 2. The summed E-state index contributed by atoms with van der Waals surface area (Å²) >= 11 is 0. The van der Waals surface area contributed by atoms with Crippen LogP contribution in [0.5, 0.6) is 0 Å². The highest BCUT2D eigenvalue weighted by molar-refractivity contribution is 5.95. The smallest absolute Gasteiger partial charge is 0.408 e. The summed E-state index contributed by atoms with van der Waals surface area (Å²) in [6, 6.07) is 22.9. The van der Waals surface area contributed by atoms with Gasteiger partial charge in [-0.15, -0.1) is 0 Å². The minimum absolute atomic E-state index is 0.0623. The first-order chi connectivity index (χ1) is 27.7. The fourth-order valence-electron chi connectivity index (χ4n) is 5.87. The van der Waals surface area contributed by atoms with Gasteiger partial charge < -0.3 is 47.5 Å². The molecule has 0 radical (unpaired) electrons. The summed E-state index contributed by atoms with van der Waals surface area (Å²) in [6.45, 7) is 5.91. The van der Waals surface area contributed by atoms with Gasteiger partial charge in [0, 0.05) is 19.4 Å². The summed E-state index contributed by atoms with van der Waals surface area (Å²) < 4.78 is 10.6. The van der Waals surface area contributed by atoms with Crippen LogP contribution in [0.25, 0.3) is 0 Å². The van der Waals surface area contributed by atoms with E-state index in [2.05, 4.69) is 26.6 Å². The topological polar surface area (TPSA) is 233 Å². The molecule has 0 bridgehead atoms. The molecule has 314 valence electrons. The summed E-state index contributed by atoms with van der Waals surface area (Å²) in [5.74, 6) is -2.69. The zero-order valence-electron chi connectivity index (χ0n) is 33.7. The first-order valence-corrected chi connectivity index (χ1v) is 19.7. The van der Waals surface area contributed by atoms with Gasteiger partial charge in [0.15, 0.2) is 0 Å². The molecule has 0 aliphatic rings. The maximum Gasteiger partial charge on any atom is 0.408 e. The number of benzene rings is 3. The van der Waals surface area contributed by atoms with Crippen molar-refractivity contribution in [3.63, 3.8) is 0 Å². The molecule has 3 aromatic carbocycles. The monoisotopic (exact) mass is 801 g/mol. The highest BCUT2D eigenvalue weighted by atomic mass is 16.6. The molecule has 3 rings (SSSR count). The molecule has 0 saturated carbocycles. The molecule has 0 spiro atoms. The fourth-order valence-corrected chi connectivity index (χ4v) is 5.87. The van der Waals surface area contributed by atoms with Crippen molar-refractivity contribution >= 4 is 35.8 Å². The Kier molecular flexibility index (Phi) is 19.7. The molecule has 0 aromatic heterocycles. The van der Waals surface area contributed by atoms with E-state index in [1.165, 1.54) is 0 Å². The summed E-state index contributed by atoms with van der Waals surface area (Å²) in [5, 5.41) is 13.6. The number of rotatable bonds is 23. The lowest BCUT2D eigenvalue weighted by molar-refractivity contribution is -0.133. The van der Waals surface area contributed by atoms with E-state index in [9.17, 15) is 28.8 Å². The number of carbonyl (C=O) groups is 6. The lowest BCUT2D eigenvalue weighted by Gasteiger charge is -2.27. The van der Waals surface area contributed by atoms with Gasteiger partial charge in [0.1, 0.15) is 36.4 Å². The summed E-state index contributed by atoms with van der Waals surface area (Å²) in [7, 11) is 0. The van der Waals surface area contributed by atoms with E-state index in [1.807, 2.05) is 42.5 Å². The molecule has 15 heteroatoms. The largest absolute Gasteiger partial charge is 0.445 e. The van der Waals surface area contributed by atoms with Gasteiger partial charge in [-0.2, -0.15) is 0 Å². The Balaban J connectivity index is 1.72. The van der Waals surface area contributed by atoms with E-state index < -0.39 is 65.6 Å². The Morgan fingerprint density at radius 1 is 0.569 bits per heavy atom. The molecule has 3 aromatic rings. The van der Waals surface area contributed by atoms with Crippen LogP contribution >= 0.6 is 0 Å². The van der Waals surface area contributed by atoms with Gasteiger partial charge in [0.05, 0.1) is 0 Å². The molecule has 0 saturated heterocycles. The van der Waals surface area contributed by atoms with Crippen LogP contribution in [0.15, 0.2) is 91.0 Å². The van der Waals surface area contributed by atoms with Crippen molar-refractivity contribution in [1.29, 1.82) is 0 Å². The molecule has 0 unspecified atom stereocenters. The van der Waals surface area contributed by atoms with Crippen molar-refractivity contribution in [3.05, 3.63) is 108 Å². The van der Waals surface area contributed by atoms with Gasteiger partial charge in [-0.3, -0.25) is 19.2 Å². The van der Waals surface area contributed by atoms with Crippen LogP contribution in [0.3, 0.4) is 0 Å². The molecule has 9 N–H and O–H groups in total. The maximum absolute atomic E-state index is 14.2. The SMILES string of the molecule is CC(C)(C)OC(=O)N[C@@H](CCCCN)C(=O)N[C@@H](Cc1ccccc1)C(=O)N[C@@H](Cc1ccccc1)C(=O)N[C@@H](CCCCNC(=O)OCc1ccccc1)C(N)=O. The average Bonchev–Trinajstić information content (AvgIpc) is 3.19. The van der Waals surface area contributed by atoms with Crippen LogP contribution in [0, 0.1) is 0 Å². The minimum Gasteiger partial charge on any atom is -0.445 e. The van der Waals surface area contributed by atoms with Crippen molar-refractivity contribution in [3.8, 4) is 0 Å². The third-order valence-corrected chi connectivity index (χ3v) is 8.85. The van der Waals surface area contributed by atoms with E-state index in [0.29, 0.717) is 32.2 Å². The molecule has 6 amide bonds. The van der Waals surface area contributed by atoms with Gasteiger partial charge in [0.25, 0.3) is 0 Å². The number of alkyl carbamates (subject to hydrolysis) is 2. The molecule has 0 aliphatic carbocycles. The predicted octanol–water partition coefficient (Wildman–Crippen LogP) is 3.53. The van der Waals surface area contributed by atoms with Crippen molar-refractivity contribution < 1.29 is 38.2 Å². The highest BCUT2D eigenvalue weighted by Gasteiger charge is 2.32. The summed E-state index contributed by atoms with van der Waals surface area (Å²) in [5.41, 5.74) is 12.9. The molecule has 15 nitrogen and oxygen atoms in total. The Morgan fingerprint density at radius 2 is 1.02 bits per heavy atom. The van der Waals surface area contributed by atoms with Crippen molar-refractivity contribution in [2.24, 2.45) is 11.5 Å². The third kappa shape index (κ3) is 18.3. The fraction of sp³-hybridized carbons (Fsp3) is 0.442. The predicted molar refractivity (Wildman–Crippen MR) is 220 cm³/mol. The van der Waals surface area contributed by atoms with E-state index in [4.69, 9.17) is 20.9 Å². The van der Waals surface area contributed by atoms with Gasteiger partial charge in [-0.25, -0.2) is 9.59 Å². The normalized spacial score (nSPS) is 13.1. The van der Waals surface area contributed by atoms with E-state index in [1.54, 1.807) is 69.3 Å². The van der Waals surface area contributed by atoms with Crippen molar-refractivity contribution in [2.45, 2.75) is 109 Å². The summed E-state index contributed by atoms with van der Waals surface area (Å²) in [4.78, 5) is 79.2. The quantitative estimate of drug-likeness (QED) is 0.0695. The number of amides is 6. The Bertz CT molecular complexity index is 1740. The standard InChI is InChI=1S/C43H59N7O8/c1-43(2,3)58-42(56)50-34(24-13-15-25-44)38(52)48-36(28-31-19-9-5-10-20-31)40(54)49-35(27-30-17-7-4-8-18-30)39(53)47-33(37(45)51)23-14-16-26-46-41(55)57-29-32-21-11-6-12-22-32/h4-12,17-22,33-36H,13-16,23-29,44H2,1-3H3,(H2,45,51)(H,46,55)(H,47,53)(H,48,52)(H,49,54)(H,50,56)/t33-,34-,35-,36-/m0/s1. The summed E-state index contributed by atoms with van der Waals surface area (Å²) in [6.07, 6.45) is 1.22. The minimum atomic E-state index is -1.17. The van der Waals surface area contributed by atoms with E-state index in [0.717, 1.165) is 16.7 Å². The van der Waals surface area contributed by atoms with Crippen LogP contribution in [-0.4, -0.2) is 78.7 Å². The van der Waals surface area contributed by atoms with E-state index >= 15 is 0 Å². The van der Waals surface area contributed by atoms with Gasteiger partial charge in [-0.1, -0.05) is 91.0 Å². The highest BCUT2D eigenvalue weighted by Crippen LogP contribution is 2.12. The molecule has 0 aliphatic heterocycles. The van der Waals surface area contributed by atoms with Gasteiger partial charge in [0.2, 0.25) is 23.6 Å². The molecule has 58 heavy (non-hydrogen) atoms. The second-order valence-electron chi connectivity index (χ2n) is 14.9. The Hall–Kier alpha value is -5.96. The first-order valence-electron chi connectivity index (χ1n) is 19.7. The number of hydrogen-bond donors (Lipinski definition) is 7. The van der Waals surface area contributed by atoms with Crippen molar-refractivity contribution in [2.75, 3.05) is 13.1 Å². The van der Waals surface area contributed by atoms with Gasteiger partial charge in [-0.05, 0) is 82.5 Å². The van der Waals surface area contributed by atoms with E-state index in [-0.39, 0.29) is 38.8 Å². The molecule has 0 fully saturated rings. The Labute approximate surface area is 340 Å². The second kappa shape index (κ2) is 24.6. The van der Waals surface area contributed by atoms with Crippen LogP contribution in [-0.2, 0) is 48.1 Å². The zero-order valence-corrected chi connectivity index (χ0v) is 33.7. The number of ether oxygens (including phenoxy) is 2. The second-order valence-corrected chi connectivity index (χ2v) is 14.9. The lowest BCUT2D eigenvalue weighted by Crippen LogP contribution is -2.59. The number of nitrogens with one attached hydrogen (secondary N) is 5. The molecule has 0 heterocycles. The van der Waals surface area contributed by atoms with Gasteiger partial charge >= 0.3 is 12.2 Å². The Morgan fingerprint density at radius 3 is 1.50 bits per heavy atom. The number of unbranched alkanes of at least 4 members (excludes halogenated alkanes) is 2. The lowest BCUT2D eigenvalue weighted by atomic mass is 10.0. The third-order valence-electron chi connectivity index (χ3n) is 8.85. The van der Waals surface area contributed by atoms with Crippen LogP contribution < -0.4 is 38.1 Å². The molecular weight excluding hydrogens is 743 g/mol. The zero-order chi connectivity index (χ0) is 42.3. The van der Waals surface area contributed by atoms with Crippen LogP contribution in [0.4, 0.5) is 9.59 Å². The molecular formula is C43H59N7O8. The number of carbonyl (C=O) groups excluding carboxylic acids is 6. The van der Waals surface area contributed by atoms with Crippen LogP contribution in [0.2, 0.25) is 0 Å². The first kappa shape index (κ1) is 46.4. The van der Waals surface area contributed by atoms with Crippen molar-refractivity contribution in [1.82, 2.24) is 26.6 Å². The average molecular weight is 802 g/mol. The molecule has 4 atom stereocenters. The van der Waals surface area contributed by atoms with Crippen LogP contribution in [0.1, 0.15) is 76.0 Å². The number of primary amides is 1. The number of hydrogen-bond acceptors (Lipinski definition) is 9.